The van der Waals surface area contributed by atoms with Crippen molar-refractivity contribution in [3.05, 3.63) is 100 Å². The summed E-state index contributed by atoms with van der Waals surface area (Å²) >= 11 is 12.0. The molecule has 8 nitrogen and oxygen atoms in total. The largest absolute Gasteiger partial charge is 0.463 e. The van der Waals surface area contributed by atoms with Crippen molar-refractivity contribution in [2.45, 2.75) is 12.8 Å². The van der Waals surface area contributed by atoms with Gasteiger partial charge in [-0.2, -0.15) is 5.10 Å². The normalized spacial score (nSPS) is 10.8. The molecule has 0 atom stereocenters. The van der Waals surface area contributed by atoms with Crippen LogP contribution in [-0.4, -0.2) is 38.7 Å². The molecule has 0 fully saturated rings. The van der Waals surface area contributed by atoms with Gasteiger partial charge in [0.25, 0.3) is 5.91 Å². The lowest BCUT2D eigenvalue weighted by molar-refractivity contribution is 0.0948. The number of H-pyrrole nitrogens is 2. The zero-order valence-electron chi connectivity index (χ0n) is 21.7. The van der Waals surface area contributed by atoms with Crippen molar-refractivity contribution >= 4 is 63.3 Å². The molecule has 1 amide bonds. The number of aromatic nitrogens is 4. The van der Waals surface area contributed by atoms with E-state index in [1.165, 1.54) is 10.9 Å². The highest BCUT2D eigenvalue weighted by molar-refractivity contribution is 6.31. The number of aromatic amines is 2. The summed E-state index contributed by atoms with van der Waals surface area (Å²) in [6.45, 7) is 1.17. The van der Waals surface area contributed by atoms with Gasteiger partial charge in [0.15, 0.2) is 11.5 Å². The van der Waals surface area contributed by atoms with Crippen LogP contribution in [0, 0.1) is 0 Å². The lowest BCUT2D eigenvalue weighted by atomic mass is 10.1. The number of nitrogens with zero attached hydrogens (tertiary/aromatic N) is 2. The number of aryl methyl sites for hydroxylation is 1. The third-order valence-corrected chi connectivity index (χ3v) is 6.91. The van der Waals surface area contributed by atoms with E-state index < -0.39 is 0 Å². The summed E-state index contributed by atoms with van der Waals surface area (Å²) in [4.78, 5) is 18.8. The number of fused-ring (bicyclic) bond motifs is 2. The molecule has 4 aromatic heterocycles. The Labute approximate surface area is 247 Å². The van der Waals surface area contributed by atoms with E-state index in [-0.39, 0.29) is 18.3 Å². The molecule has 0 aliphatic carbocycles. The number of rotatable bonds is 7. The van der Waals surface area contributed by atoms with Crippen molar-refractivity contribution in [2.75, 3.05) is 13.1 Å². The smallest absolute Gasteiger partial charge is 0.271 e. The number of nitrogens with one attached hydrogen (secondary N) is 3. The number of amides is 1. The first-order valence-electron chi connectivity index (χ1n) is 12.5. The molecule has 0 radical (unpaired) electrons. The summed E-state index contributed by atoms with van der Waals surface area (Å²) in [6.07, 6.45) is 7.12. The van der Waals surface area contributed by atoms with Crippen LogP contribution in [0.5, 0.6) is 0 Å². The van der Waals surface area contributed by atoms with Gasteiger partial charge in [-0.1, -0.05) is 23.2 Å². The van der Waals surface area contributed by atoms with Gasteiger partial charge in [0.2, 0.25) is 0 Å². The molecule has 0 spiro atoms. The number of carbonyl (C=O) groups is 1. The van der Waals surface area contributed by atoms with E-state index in [1.54, 1.807) is 30.1 Å². The van der Waals surface area contributed by atoms with Crippen molar-refractivity contribution in [3.8, 4) is 11.5 Å². The fraction of sp³-hybridized carbons (Fsp3) is 0.172. The van der Waals surface area contributed by atoms with E-state index in [1.807, 2.05) is 54.9 Å². The molecule has 11 heteroatoms. The second kappa shape index (κ2) is 13.1. The van der Waals surface area contributed by atoms with Crippen LogP contribution < -0.4 is 11.1 Å². The second-order valence-electron chi connectivity index (χ2n) is 9.07. The number of carbonyl (C=O) groups excluding carboxylic acids is 1. The maximum Gasteiger partial charge on any atom is 0.271 e. The Hall–Kier alpha value is -3.69. The first-order valence-corrected chi connectivity index (χ1v) is 13.3. The molecule has 0 bridgehead atoms. The number of furan rings is 1. The quantitative estimate of drug-likeness (QED) is 0.167. The minimum Gasteiger partial charge on any atom is -0.463 e. The van der Waals surface area contributed by atoms with Crippen molar-refractivity contribution in [2.24, 2.45) is 12.8 Å². The van der Waals surface area contributed by atoms with Gasteiger partial charge >= 0.3 is 0 Å². The Bertz CT molecular complexity index is 1720. The molecule has 0 aliphatic heterocycles. The zero-order chi connectivity index (χ0) is 27.4. The molecule has 0 saturated carbocycles. The minimum atomic E-state index is -0.212. The van der Waals surface area contributed by atoms with E-state index in [2.05, 4.69) is 20.4 Å². The molecule has 0 unspecified atom stereocenters. The SMILES string of the molecule is Cl.Cn1nc(C(=O)NCCc2c[nH]c3ccc(Cl)cc23)cc1-c1ccco1.NCCc1c[nH]c2ccc(Cl)cc12. The molecule has 0 aliphatic rings. The van der Waals surface area contributed by atoms with Crippen LogP contribution >= 0.6 is 35.6 Å². The Kier molecular flexibility index (Phi) is 9.60. The average Bonchev–Trinajstić information content (AvgIpc) is 3.72. The highest BCUT2D eigenvalue weighted by Crippen LogP contribution is 2.24. The van der Waals surface area contributed by atoms with Crippen LogP contribution in [0.4, 0.5) is 0 Å². The summed E-state index contributed by atoms with van der Waals surface area (Å²) in [6, 6.07) is 16.9. The number of halogens is 3. The van der Waals surface area contributed by atoms with Gasteiger partial charge < -0.3 is 25.4 Å². The summed E-state index contributed by atoms with van der Waals surface area (Å²) in [5, 5.41) is 10.9. The molecule has 0 saturated heterocycles. The molecule has 6 rings (SSSR count). The Morgan fingerprint density at radius 3 is 2.17 bits per heavy atom. The van der Waals surface area contributed by atoms with E-state index >= 15 is 0 Å². The van der Waals surface area contributed by atoms with Crippen LogP contribution in [0.25, 0.3) is 33.3 Å². The average molecular weight is 600 g/mol. The van der Waals surface area contributed by atoms with Crippen LogP contribution in [-0.2, 0) is 19.9 Å². The van der Waals surface area contributed by atoms with Gasteiger partial charge in [0.1, 0.15) is 5.69 Å². The molecule has 2 aromatic carbocycles. The van der Waals surface area contributed by atoms with Gasteiger partial charge in [-0.25, -0.2) is 0 Å². The van der Waals surface area contributed by atoms with Gasteiger partial charge in [-0.05, 0) is 79.0 Å². The van der Waals surface area contributed by atoms with Gasteiger partial charge in [-0.3, -0.25) is 9.48 Å². The second-order valence-corrected chi connectivity index (χ2v) is 9.94. The standard InChI is InChI=1S/C19H17ClN4O2.C10H11ClN2.ClH/c1-24-17(18-3-2-8-26-18)10-16(23-24)19(25)21-7-6-12-11-22-15-5-4-13(20)9-14(12)15;11-8-1-2-10-9(5-8)7(3-4-12)6-13-10;/h2-5,8-11,22H,6-7H2,1H3,(H,21,25);1-2,5-6,13H,3-4,12H2;1H. The molecular weight excluding hydrogens is 571 g/mol. The number of nitrogens with two attached hydrogens (primary N) is 1. The van der Waals surface area contributed by atoms with Gasteiger partial charge in [-0.15, -0.1) is 12.4 Å². The Balaban J connectivity index is 0.000000223. The van der Waals surface area contributed by atoms with Crippen LogP contribution in [0.15, 0.2) is 77.7 Å². The molecule has 4 heterocycles. The van der Waals surface area contributed by atoms with E-state index in [0.717, 1.165) is 39.1 Å². The summed E-state index contributed by atoms with van der Waals surface area (Å²) < 4.78 is 7.00. The highest BCUT2D eigenvalue weighted by atomic mass is 35.5. The lowest BCUT2D eigenvalue weighted by Gasteiger charge is -2.03. The van der Waals surface area contributed by atoms with Crippen molar-refractivity contribution in [3.63, 3.8) is 0 Å². The first-order chi connectivity index (χ1) is 18.9. The van der Waals surface area contributed by atoms with Crippen molar-refractivity contribution in [1.82, 2.24) is 25.1 Å². The van der Waals surface area contributed by atoms with E-state index in [4.69, 9.17) is 33.4 Å². The highest BCUT2D eigenvalue weighted by Gasteiger charge is 2.15. The molecule has 40 heavy (non-hydrogen) atoms. The third kappa shape index (κ3) is 6.54. The summed E-state index contributed by atoms with van der Waals surface area (Å²) in [5.41, 5.74) is 11.1. The van der Waals surface area contributed by atoms with Crippen molar-refractivity contribution in [1.29, 1.82) is 0 Å². The van der Waals surface area contributed by atoms with Crippen molar-refractivity contribution < 1.29 is 9.21 Å². The summed E-state index contributed by atoms with van der Waals surface area (Å²) in [7, 11) is 1.78. The Morgan fingerprint density at radius 2 is 1.60 bits per heavy atom. The van der Waals surface area contributed by atoms with E-state index in [9.17, 15) is 4.79 Å². The Morgan fingerprint density at radius 1 is 0.975 bits per heavy atom. The van der Waals surface area contributed by atoms with E-state index in [0.29, 0.717) is 36.0 Å². The fourth-order valence-electron chi connectivity index (χ4n) is 4.50. The van der Waals surface area contributed by atoms with Crippen LogP contribution in [0.1, 0.15) is 21.6 Å². The number of hydrogen-bond acceptors (Lipinski definition) is 4. The predicted octanol–water partition coefficient (Wildman–Crippen LogP) is 6.53. The van der Waals surface area contributed by atoms with Gasteiger partial charge in [0, 0.05) is 63.9 Å². The maximum atomic E-state index is 12.4. The lowest BCUT2D eigenvalue weighted by Crippen LogP contribution is -2.26. The molecular formula is C29H29Cl3N6O2. The minimum absolute atomic E-state index is 0. The topological polar surface area (TPSA) is 118 Å². The van der Waals surface area contributed by atoms with Crippen LogP contribution in [0.2, 0.25) is 10.0 Å². The zero-order valence-corrected chi connectivity index (χ0v) is 24.0. The first kappa shape index (κ1) is 29.3. The monoisotopic (exact) mass is 598 g/mol. The fourth-order valence-corrected chi connectivity index (χ4v) is 4.85. The summed E-state index contributed by atoms with van der Waals surface area (Å²) in [5.74, 6) is 0.464. The maximum absolute atomic E-state index is 12.4. The third-order valence-electron chi connectivity index (χ3n) is 6.44. The van der Waals surface area contributed by atoms with Gasteiger partial charge in [0.05, 0.1) is 6.26 Å². The molecule has 208 valence electrons. The van der Waals surface area contributed by atoms with Crippen LogP contribution in [0.3, 0.4) is 0 Å². The molecule has 6 aromatic rings. The number of benzene rings is 2. The number of hydrogen-bond donors (Lipinski definition) is 4. The molecule has 5 N–H and O–H groups in total. The predicted molar refractivity (Wildman–Crippen MR) is 164 cm³/mol.